The normalized spacial score (nSPS) is 19.6. The molecular formula is C13H12ClFO3. The van der Waals surface area contributed by atoms with Crippen LogP contribution in [0.2, 0.25) is 5.02 Å². The number of benzene rings is 1. The largest absolute Gasteiger partial charge is 0.482 e. The van der Waals surface area contributed by atoms with Crippen molar-refractivity contribution in [2.24, 2.45) is 0 Å². The highest BCUT2D eigenvalue weighted by Gasteiger charge is 2.32. The average molecular weight is 271 g/mol. The number of alkyl halides is 1. The Labute approximate surface area is 109 Å². The van der Waals surface area contributed by atoms with E-state index in [2.05, 4.69) is 0 Å². The number of aliphatic carboxylic acids is 1. The third-order valence-electron chi connectivity index (χ3n) is 2.83. The molecular weight excluding hydrogens is 259 g/mol. The maximum Gasteiger partial charge on any atom is 0.335 e. The van der Waals surface area contributed by atoms with E-state index in [0.29, 0.717) is 16.3 Å². The molecule has 1 heterocycles. The molecule has 2 unspecified atom stereocenters. The molecule has 0 spiro atoms. The van der Waals surface area contributed by atoms with Crippen molar-refractivity contribution in [3.8, 4) is 5.75 Å². The maximum atomic E-state index is 13.4. The summed E-state index contributed by atoms with van der Waals surface area (Å²) in [4.78, 5) is 11.1. The van der Waals surface area contributed by atoms with Gasteiger partial charge in [0, 0.05) is 10.6 Å². The van der Waals surface area contributed by atoms with Crippen LogP contribution in [0, 0.1) is 6.92 Å². The molecule has 18 heavy (non-hydrogen) atoms. The lowest BCUT2D eigenvalue weighted by Crippen LogP contribution is -2.34. The third kappa shape index (κ3) is 2.20. The minimum absolute atomic E-state index is 0.0996. The van der Waals surface area contributed by atoms with Crippen LogP contribution in [0.25, 0.3) is 6.08 Å². The van der Waals surface area contributed by atoms with Gasteiger partial charge in [-0.15, -0.1) is 0 Å². The molecule has 0 radical (unpaired) electrons. The molecule has 0 saturated heterocycles. The van der Waals surface area contributed by atoms with Crippen LogP contribution in [-0.2, 0) is 4.79 Å². The van der Waals surface area contributed by atoms with Gasteiger partial charge in [0.1, 0.15) is 11.9 Å². The summed E-state index contributed by atoms with van der Waals surface area (Å²) in [5.41, 5.74) is 1.25. The van der Waals surface area contributed by atoms with Gasteiger partial charge in [-0.3, -0.25) is 0 Å². The van der Waals surface area contributed by atoms with Crippen molar-refractivity contribution in [2.75, 3.05) is 0 Å². The van der Waals surface area contributed by atoms with E-state index in [0.717, 1.165) is 5.56 Å². The van der Waals surface area contributed by atoms with Gasteiger partial charge in [-0.25, -0.2) is 9.18 Å². The van der Waals surface area contributed by atoms with Crippen LogP contribution < -0.4 is 4.74 Å². The van der Waals surface area contributed by atoms with Gasteiger partial charge >= 0.3 is 5.97 Å². The molecule has 1 aromatic rings. The highest BCUT2D eigenvalue weighted by atomic mass is 35.5. The van der Waals surface area contributed by atoms with Crippen molar-refractivity contribution in [1.82, 2.24) is 0 Å². The fourth-order valence-electron chi connectivity index (χ4n) is 1.86. The summed E-state index contributed by atoms with van der Waals surface area (Å²) >= 11 is 5.97. The number of carbonyl (C=O) groups is 1. The van der Waals surface area contributed by atoms with E-state index in [1.54, 1.807) is 19.1 Å². The molecule has 96 valence electrons. The molecule has 0 aromatic heterocycles. The van der Waals surface area contributed by atoms with Crippen LogP contribution in [0.15, 0.2) is 17.7 Å². The Balaban J connectivity index is 2.54. The van der Waals surface area contributed by atoms with E-state index in [4.69, 9.17) is 21.4 Å². The van der Waals surface area contributed by atoms with Gasteiger partial charge in [0.05, 0.1) is 5.57 Å². The number of fused-ring (bicyclic) bond motifs is 1. The second-order valence-corrected chi connectivity index (χ2v) is 4.67. The van der Waals surface area contributed by atoms with Gasteiger partial charge in [0.15, 0.2) is 6.10 Å². The number of carboxylic acid groups (broad SMARTS) is 1. The SMILES string of the molecule is Cc1cc2c(cc1Cl)C=C(C(=O)O)C(C(C)F)O2. The zero-order valence-electron chi connectivity index (χ0n) is 9.91. The van der Waals surface area contributed by atoms with Crippen molar-refractivity contribution < 1.29 is 19.0 Å². The lowest BCUT2D eigenvalue weighted by Gasteiger charge is -2.26. The summed E-state index contributed by atoms with van der Waals surface area (Å²) in [5.74, 6) is -0.733. The molecule has 5 heteroatoms. The first-order valence-electron chi connectivity index (χ1n) is 5.46. The van der Waals surface area contributed by atoms with Crippen molar-refractivity contribution in [3.05, 3.63) is 33.9 Å². The maximum absolute atomic E-state index is 13.4. The lowest BCUT2D eigenvalue weighted by molar-refractivity contribution is -0.133. The van der Waals surface area contributed by atoms with E-state index in [9.17, 15) is 9.18 Å². The average Bonchev–Trinajstić information content (AvgIpc) is 2.28. The summed E-state index contributed by atoms with van der Waals surface area (Å²) in [6.07, 6.45) is -1.08. The van der Waals surface area contributed by atoms with E-state index < -0.39 is 18.2 Å². The van der Waals surface area contributed by atoms with E-state index >= 15 is 0 Å². The Morgan fingerprint density at radius 1 is 1.56 bits per heavy atom. The van der Waals surface area contributed by atoms with E-state index in [1.165, 1.54) is 13.0 Å². The molecule has 1 aromatic carbocycles. The smallest absolute Gasteiger partial charge is 0.335 e. The topological polar surface area (TPSA) is 46.5 Å². The highest BCUT2D eigenvalue weighted by Crippen LogP contribution is 2.35. The number of carboxylic acids is 1. The summed E-state index contributed by atoms with van der Waals surface area (Å²) in [7, 11) is 0. The third-order valence-corrected chi connectivity index (χ3v) is 3.23. The van der Waals surface area contributed by atoms with Crippen LogP contribution in [0.5, 0.6) is 5.75 Å². The van der Waals surface area contributed by atoms with E-state index in [-0.39, 0.29) is 5.57 Å². The molecule has 0 amide bonds. The predicted molar refractivity (Wildman–Crippen MR) is 66.8 cm³/mol. The molecule has 0 bridgehead atoms. The van der Waals surface area contributed by atoms with Gasteiger partial charge < -0.3 is 9.84 Å². The number of rotatable bonds is 2. The number of halogens is 2. The van der Waals surface area contributed by atoms with Crippen LogP contribution >= 0.6 is 11.6 Å². The Morgan fingerprint density at radius 3 is 2.78 bits per heavy atom. The standard InChI is InChI=1S/C13H12ClFO3/c1-6-3-11-8(5-10(6)14)4-9(13(16)17)12(18-11)7(2)15/h3-5,7,12H,1-2H3,(H,16,17). The summed E-state index contributed by atoms with van der Waals surface area (Å²) in [6, 6.07) is 3.30. The quantitative estimate of drug-likeness (QED) is 0.897. The fraction of sp³-hybridized carbons (Fsp3) is 0.308. The first kappa shape index (κ1) is 12.9. The molecule has 2 rings (SSSR count). The van der Waals surface area contributed by atoms with Crippen LogP contribution in [0.4, 0.5) is 4.39 Å². The van der Waals surface area contributed by atoms with Crippen LogP contribution in [0.1, 0.15) is 18.1 Å². The second kappa shape index (κ2) is 4.61. The molecule has 1 N–H and O–H groups in total. The molecule has 0 fully saturated rings. The van der Waals surface area contributed by atoms with Crippen molar-refractivity contribution in [2.45, 2.75) is 26.1 Å². The fourth-order valence-corrected chi connectivity index (χ4v) is 2.03. The Bertz CT molecular complexity index is 537. The van der Waals surface area contributed by atoms with Gasteiger partial charge in [-0.1, -0.05) is 11.6 Å². The molecule has 1 aliphatic heterocycles. The molecule has 0 saturated carbocycles. The first-order valence-corrected chi connectivity index (χ1v) is 5.83. The first-order chi connectivity index (χ1) is 8.40. The minimum atomic E-state index is -1.41. The summed E-state index contributed by atoms with van der Waals surface area (Å²) in [6.45, 7) is 3.07. The molecule has 0 aliphatic carbocycles. The number of hydrogen-bond acceptors (Lipinski definition) is 2. The number of ether oxygens (including phenoxy) is 1. The monoisotopic (exact) mass is 270 g/mol. The predicted octanol–water partition coefficient (Wildman–Crippen LogP) is 3.24. The summed E-state index contributed by atoms with van der Waals surface area (Å²) < 4.78 is 18.8. The van der Waals surface area contributed by atoms with Crippen LogP contribution in [-0.4, -0.2) is 23.4 Å². The molecule has 2 atom stereocenters. The summed E-state index contributed by atoms with van der Waals surface area (Å²) in [5, 5.41) is 9.58. The Kier molecular flexibility index (Phi) is 3.30. The van der Waals surface area contributed by atoms with Gasteiger partial charge in [0.2, 0.25) is 0 Å². The van der Waals surface area contributed by atoms with Crippen molar-refractivity contribution in [1.29, 1.82) is 0 Å². The Hall–Kier alpha value is -1.55. The molecule has 3 nitrogen and oxygen atoms in total. The van der Waals surface area contributed by atoms with Gasteiger partial charge in [-0.2, -0.15) is 0 Å². The Morgan fingerprint density at radius 2 is 2.22 bits per heavy atom. The lowest BCUT2D eigenvalue weighted by atomic mass is 9.98. The zero-order valence-corrected chi connectivity index (χ0v) is 10.7. The van der Waals surface area contributed by atoms with Gasteiger partial charge in [0.25, 0.3) is 0 Å². The number of hydrogen-bond donors (Lipinski definition) is 1. The van der Waals surface area contributed by atoms with Crippen molar-refractivity contribution in [3.63, 3.8) is 0 Å². The number of aryl methyl sites for hydroxylation is 1. The second-order valence-electron chi connectivity index (χ2n) is 4.26. The van der Waals surface area contributed by atoms with E-state index in [1.807, 2.05) is 0 Å². The minimum Gasteiger partial charge on any atom is -0.482 e. The van der Waals surface area contributed by atoms with Crippen LogP contribution in [0.3, 0.4) is 0 Å². The zero-order chi connectivity index (χ0) is 13.4. The van der Waals surface area contributed by atoms with Crippen molar-refractivity contribution >= 4 is 23.6 Å². The molecule has 1 aliphatic rings. The highest BCUT2D eigenvalue weighted by molar-refractivity contribution is 6.31. The van der Waals surface area contributed by atoms with Gasteiger partial charge in [-0.05, 0) is 37.6 Å².